The molecule has 0 spiro atoms. The molecule has 2 aliphatic rings. The number of ether oxygens (including phenoxy) is 1. The summed E-state index contributed by atoms with van der Waals surface area (Å²) in [5.41, 5.74) is 1.75. The molecule has 4 amide bonds. The van der Waals surface area contributed by atoms with Crippen molar-refractivity contribution in [1.29, 1.82) is 0 Å². The molecule has 1 aromatic heterocycles. The number of aromatic nitrogens is 1. The standard InChI is InChI=1S/C26H26FN5O4/c1-36-23-5-3-2-4-20(23)29-25(34)30-21-10-11-22-17-12-16(14-32(22)24(21)33)13-31(15-17)26(35)28-19-8-6-18(27)7-9-19/h2-11,16-17H,12-15H2,1H3,(H,28,35)(H2,29,30,34)/t16-,17+/m0/s1. The quantitative estimate of drug-likeness (QED) is 0.506. The summed E-state index contributed by atoms with van der Waals surface area (Å²) in [6, 6.07) is 15.3. The molecule has 0 saturated carbocycles. The largest absolute Gasteiger partial charge is 0.495 e. The summed E-state index contributed by atoms with van der Waals surface area (Å²) in [5.74, 6) is 0.246. The highest BCUT2D eigenvalue weighted by Gasteiger charge is 2.36. The van der Waals surface area contributed by atoms with E-state index >= 15 is 0 Å². The minimum Gasteiger partial charge on any atom is -0.495 e. The Bertz CT molecular complexity index is 1360. The molecule has 9 nitrogen and oxygen atoms in total. The van der Waals surface area contributed by atoms with Crippen LogP contribution in [-0.4, -0.2) is 41.7 Å². The second-order valence-corrected chi connectivity index (χ2v) is 9.01. The Hall–Kier alpha value is -4.34. The van der Waals surface area contributed by atoms with Crippen molar-refractivity contribution in [2.45, 2.75) is 18.9 Å². The third-order valence-electron chi connectivity index (χ3n) is 6.59. The van der Waals surface area contributed by atoms with Crippen LogP contribution in [0.2, 0.25) is 0 Å². The molecule has 1 fully saturated rings. The second-order valence-electron chi connectivity index (χ2n) is 9.01. The third-order valence-corrected chi connectivity index (χ3v) is 6.59. The van der Waals surface area contributed by atoms with Gasteiger partial charge >= 0.3 is 12.1 Å². The summed E-state index contributed by atoms with van der Waals surface area (Å²) in [6.07, 6.45) is 0.876. The maximum atomic E-state index is 13.2. The van der Waals surface area contributed by atoms with E-state index in [4.69, 9.17) is 4.74 Å². The van der Waals surface area contributed by atoms with Gasteiger partial charge in [0.25, 0.3) is 5.56 Å². The van der Waals surface area contributed by atoms with Crippen molar-refractivity contribution in [2.75, 3.05) is 36.1 Å². The van der Waals surface area contributed by atoms with Crippen molar-refractivity contribution in [3.05, 3.63) is 82.5 Å². The molecule has 10 heteroatoms. The molecule has 2 aromatic carbocycles. The first-order chi connectivity index (χ1) is 17.4. The van der Waals surface area contributed by atoms with Crippen molar-refractivity contribution in [3.63, 3.8) is 0 Å². The molecule has 36 heavy (non-hydrogen) atoms. The van der Waals surface area contributed by atoms with Gasteiger partial charge in [-0.15, -0.1) is 0 Å². The zero-order valence-electron chi connectivity index (χ0n) is 19.7. The van der Waals surface area contributed by atoms with Gasteiger partial charge in [-0.25, -0.2) is 14.0 Å². The number of anilines is 3. The Kier molecular flexibility index (Phi) is 6.32. The van der Waals surface area contributed by atoms with Crippen LogP contribution >= 0.6 is 0 Å². The Morgan fingerprint density at radius 3 is 2.44 bits per heavy atom. The van der Waals surface area contributed by atoms with Crippen LogP contribution in [0.1, 0.15) is 18.0 Å². The van der Waals surface area contributed by atoms with Crippen molar-refractivity contribution >= 4 is 29.1 Å². The van der Waals surface area contributed by atoms with Crippen LogP contribution in [0.3, 0.4) is 0 Å². The monoisotopic (exact) mass is 491 g/mol. The number of para-hydroxylation sites is 2. The molecule has 1 saturated heterocycles. The zero-order valence-corrected chi connectivity index (χ0v) is 19.7. The number of hydrogen-bond donors (Lipinski definition) is 3. The fraction of sp³-hybridized carbons (Fsp3) is 0.269. The van der Waals surface area contributed by atoms with Gasteiger partial charge in [0.1, 0.15) is 17.3 Å². The number of carbonyl (C=O) groups excluding carboxylic acids is 2. The molecule has 0 radical (unpaired) electrons. The normalized spacial score (nSPS) is 18.1. The number of nitrogens with one attached hydrogen (secondary N) is 3. The lowest BCUT2D eigenvalue weighted by atomic mass is 9.83. The Morgan fingerprint density at radius 1 is 0.917 bits per heavy atom. The Balaban J connectivity index is 1.28. The molecule has 3 heterocycles. The van der Waals surface area contributed by atoms with Crippen molar-refractivity contribution in [2.24, 2.45) is 5.92 Å². The van der Waals surface area contributed by atoms with E-state index in [1.165, 1.54) is 31.4 Å². The Labute approximate surface area is 206 Å². The highest BCUT2D eigenvalue weighted by Crippen LogP contribution is 2.35. The van der Waals surface area contributed by atoms with Crippen molar-refractivity contribution in [3.8, 4) is 5.75 Å². The average molecular weight is 492 g/mol. The van der Waals surface area contributed by atoms with E-state index in [9.17, 15) is 18.8 Å². The SMILES string of the molecule is COc1ccccc1NC(=O)Nc1ccc2n(c1=O)C[C@H]1C[C@@H]2CN(C(=O)Nc2ccc(F)cc2)C1. The number of likely N-dealkylation sites (tertiary alicyclic amines) is 1. The van der Waals surface area contributed by atoms with E-state index in [1.807, 2.05) is 6.07 Å². The molecule has 0 aliphatic carbocycles. The predicted octanol–water partition coefficient (Wildman–Crippen LogP) is 4.29. The molecule has 186 valence electrons. The zero-order chi connectivity index (χ0) is 25.2. The minimum absolute atomic E-state index is 0.000578. The van der Waals surface area contributed by atoms with E-state index in [0.717, 1.165) is 12.1 Å². The smallest absolute Gasteiger partial charge is 0.323 e. The van der Waals surface area contributed by atoms with Gasteiger partial charge in [0.05, 0.1) is 12.8 Å². The lowest BCUT2D eigenvalue weighted by molar-refractivity contribution is 0.139. The number of urea groups is 2. The molecule has 0 unspecified atom stereocenters. The number of fused-ring (bicyclic) bond motifs is 4. The maximum absolute atomic E-state index is 13.2. The first kappa shape index (κ1) is 23.4. The van der Waals surface area contributed by atoms with E-state index in [0.29, 0.717) is 36.8 Å². The highest BCUT2D eigenvalue weighted by molar-refractivity contribution is 6.00. The number of pyridine rings is 1. The predicted molar refractivity (Wildman–Crippen MR) is 134 cm³/mol. The maximum Gasteiger partial charge on any atom is 0.323 e. The van der Waals surface area contributed by atoms with Crippen molar-refractivity contribution < 1.29 is 18.7 Å². The number of nitrogens with zero attached hydrogens (tertiary/aromatic N) is 2. The number of methoxy groups -OCH3 is 1. The molecule has 2 atom stereocenters. The van der Waals surface area contributed by atoms with Gasteiger partial charge in [0.15, 0.2) is 0 Å². The second kappa shape index (κ2) is 9.73. The summed E-state index contributed by atoms with van der Waals surface area (Å²) >= 11 is 0. The van der Waals surface area contributed by atoms with Crippen LogP contribution in [0.5, 0.6) is 5.75 Å². The van der Waals surface area contributed by atoms with Crippen LogP contribution in [0.15, 0.2) is 65.5 Å². The molecular weight excluding hydrogens is 465 g/mol. The number of amides is 4. The minimum atomic E-state index is -0.545. The fourth-order valence-electron chi connectivity index (χ4n) is 4.97. The van der Waals surface area contributed by atoms with E-state index in [2.05, 4.69) is 16.0 Å². The van der Waals surface area contributed by atoms with Gasteiger partial charge in [-0.1, -0.05) is 12.1 Å². The molecule has 3 N–H and O–H groups in total. The van der Waals surface area contributed by atoms with E-state index in [1.54, 1.807) is 39.8 Å². The van der Waals surface area contributed by atoms with Gasteiger partial charge in [-0.05, 0) is 60.9 Å². The molecule has 2 aliphatic heterocycles. The number of benzene rings is 2. The number of halogens is 1. The summed E-state index contributed by atoms with van der Waals surface area (Å²) in [6.45, 7) is 1.42. The van der Waals surface area contributed by atoms with Crippen molar-refractivity contribution in [1.82, 2.24) is 9.47 Å². The summed E-state index contributed by atoms with van der Waals surface area (Å²) in [4.78, 5) is 40.3. The first-order valence-corrected chi connectivity index (χ1v) is 11.7. The Morgan fingerprint density at radius 2 is 1.67 bits per heavy atom. The fourth-order valence-corrected chi connectivity index (χ4v) is 4.97. The van der Waals surface area contributed by atoms with Gasteiger partial charge in [0, 0.05) is 36.9 Å². The number of hydrogen-bond acceptors (Lipinski definition) is 4. The lowest BCUT2D eigenvalue weighted by Crippen LogP contribution is -2.50. The lowest BCUT2D eigenvalue weighted by Gasteiger charge is -2.42. The van der Waals surface area contributed by atoms with Gasteiger partial charge in [-0.3, -0.25) is 4.79 Å². The topological polar surface area (TPSA) is 105 Å². The molecule has 5 rings (SSSR count). The molecular formula is C26H26FN5O4. The summed E-state index contributed by atoms with van der Waals surface area (Å²) < 4.78 is 20.1. The van der Waals surface area contributed by atoms with Gasteiger partial charge in [0.2, 0.25) is 0 Å². The third kappa shape index (κ3) is 4.74. The highest BCUT2D eigenvalue weighted by atomic mass is 19.1. The average Bonchev–Trinajstić information content (AvgIpc) is 2.87. The van der Waals surface area contributed by atoms with Crippen LogP contribution in [-0.2, 0) is 6.54 Å². The first-order valence-electron chi connectivity index (χ1n) is 11.7. The molecule has 2 bridgehead atoms. The van der Waals surface area contributed by atoms with E-state index < -0.39 is 6.03 Å². The van der Waals surface area contributed by atoms with Crippen LogP contribution < -0.4 is 26.2 Å². The van der Waals surface area contributed by atoms with E-state index in [-0.39, 0.29) is 34.9 Å². The van der Waals surface area contributed by atoms with Crippen LogP contribution in [0, 0.1) is 11.7 Å². The number of carbonyl (C=O) groups is 2. The summed E-state index contributed by atoms with van der Waals surface area (Å²) in [7, 11) is 1.51. The van der Waals surface area contributed by atoms with Crippen LogP contribution in [0.25, 0.3) is 0 Å². The number of piperidine rings is 1. The van der Waals surface area contributed by atoms with Gasteiger partial charge < -0.3 is 30.2 Å². The summed E-state index contributed by atoms with van der Waals surface area (Å²) in [5, 5.41) is 8.16. The molecule has 3 aromatic rings. The number of rotatable bonds is 4. The van der Waals surface area contributed by atoms with Crippen LogP contribution in [0.4, 0.5) is 31.0 Å². The van der Waals surface area contributed by atoms with Gasteiger partial charge in [-0.2, -0.15) is 0 Å².